The van der Waals surface area contributed by atoms with Crippen LogP contribution in [0.25, 0.3) is 16.6 Å². The molecule has 2 aromatic carbocycles. The number of halogens is 1. The van der Waals surface area contributed by atoms with Gasteiger partial charge in [-0.3, -0.25) is 14.2 Å². The fourth-order valence-corrected chi connectivity index (χ4v) is 3.69. The fraction of sp³-hybridized carbons (Fsp3) is 0.0952. The van der Waals surface area contributed by atoms with Crippen LogP contribution in [-0.2, 0) is 0 Å². The number of hydrogen-bond donors (Lipinski definition) is 4. The maximum atomic E-state index is 13.5. The van der Waals surface area contributed by atoms with Crippen molar-refractivity contribution in [3.05, 3.63) is 75.3 Å². The molecular formula is C21H19ClN8O2. The van der Waals surface area contributed by atoms with Gasteiger partial charge in [-0.15, -0.1) is 0 Å². The van der Waals surface area contributed by atoms with E-state index in [1.165, 1.54) is 4.57 Å². The quantitative estimate of drug-likeness (QED) is 0.359. The van der Waals surface area contributed by atoms with Crippen LogP contribution in [0.5, 0.6) is 0 Å². The van der Waals surface area contributed by atoms with Crippen LogP contribution in [0.15, 0.2) is 53.3 Å². The maximum Gasteiger partial charge on any atom is 0.267 e. The predicted octanol–water partition coefficient (Wildman–Crippen LogP) is 2.27. The lowest BCUT2D eigenvalue weighted by molar-refractivity contribution is 0.100. The van der Waals surface area contributed by atoms with Crippen molar-refractivity contribution in [2.45, 2.75) is 13.0 Å². The Balaban J connectivity index is 1.94. The lowest BCUT2D eigenvalue weighted by Crippen LogP contribution is -2.28. The summed E-state index contributed by atoms with van der Waals surface area (Å²) in [5.74, 6) is -0.729. The van der Waals surface area contributed by atoms with Gasteiger partial charge in [0.25, 0.3) is 11.5 Å². The molecule has 2 heterocycles. The maximum absolute atomic E-state index is 13.5. The molecule has 4 aromatic rings. The van der Waals surface area contributed by atoms with E-state index in [-0.39, 0.29) is 28.7 Å². The molecule has 0 fully saturated rings. The Labute approximate surface area is 187 Å². The summed E-state index contributed by atoms with van der Waals surface area (Å²) in [6.45, 7) is 1.75. The minimum atomic E-state index is -0.823. The van der Waals surface area contributed by atoms with Crippen molar-refractivity contribution in [1.82, 2.24) is 19.5 Å². The summed E-state index contributed by atoms with van der Waals surface area (Å²) in [5.41, 5.74) is 17.5. The first kappa shape index (κ1) is 21.1. The van der Waals surface area contributed by atoms with E-state index in [0.29, 0.717) is 27.4 Å². The highest BCUT2D eigenvalue weighted by atomic mass is 35.5. The Hall–Kier alpha value is -4.18. The summed E-state index contributed by atoms with van der Waals surface area (Å²) in [4.78, 5) is 37.9. The van der Waals surface area contributed by atoms with Crippen LogP contribution in [0.4, 0.5) is 17.6 Å². The Kier molecular flexibility index (Phi) is 5.37. The van der Waals surface area contributed by atoms with E-state index < -0.39 is 11.9 Å². The molecule has 1 amide bonds. The smallest absolute Gasteiger partial charge is 0.267 e. The molecule has 162 valence electrons. The number of carbonyl (C=O) groups excluding carboxylic acids is 1. The summed E-state index contributed by atoms with van der Waals surface area (Å²) in [6.07, 6.45) is 0. The second-order valence-corrected chi connectivity index (χ2v) is 7.41. The number of anilines is 3. The predicted molar refractivity (Wildman–Crippen MR) is 124 cm³/mol. The zero-order chi connectivity index (χ0) is 23.0. The minimum Gasteiger partial charge on any atom is -0.383 e. The van der Waals surface area contributed by atoms with Crippen molar-refractivity contribution in [2.24, 2.45) is 5.73 Å². The average Bonchev–Trinajstić information content (AvgIpc) is 2.73. The topological polar surface area (TPSA) is 168 Å². The van der Waals surface area contributed by atoms with E-state index in [9.17, 15) is 9.59 Å². The molecule has 2 aromatic heterocycles. The molecule has 0 saturated carbocycles. The van der Waals surface area contributed by atoms with E-state index in [1.807, 2.05) is 6.07 Å². The van der Waals surface area contributed by atoms with Crippen LogP contribution in [0.2, 0.25) is 5.02 Å². The monoisotopic (exact) mass is 450 g/mol. The Morgan fingerprint density at radius 2 is 1.78 bits per heavy atom. The molecule has 0 spiro atoms. The molecule has 0 aliphatic rings. The average molecular weight is 451 g/mol. The number of hydrogen-bond acceptors (Lipinski definition) is 8. The first-order valence-corrected chi connectivity index (χ1v) is 9.91. The van der Waals surface area contributed by atoms with E-state index in [2.05, 4.69) is 20.3 Å². The van der Waals surface area contributed by atoms with Crippen molar-refractivity contribution in [1.29, 1.82) is 0 Å². The van der Waals surface area contributed by atoms with Gasteiger partial charge in [0.15, 0.2) is 0 Å². The zero-order valence-electron chi connectivity index (χ0n) is 16.9. The van der Waals surface area contributed by atoms with Gasteiger partial charge >= 0.3 is 0 Å². The molecule has 1 unspecified atom stereocenters. The summed E-state index contributed by atoms with van der Waals surface area (Å²) in [7, 11) is 0. The van der Waals surface area contributed by atoms with Gasteiger partial charge in [-0.05, 0) is 31.2 Å². The largest absolute Gasteiger partial charge is 0.383 e. The third kappa shape index (κ3) is 3.67. The SMILES string of the molecule is CC(Nc1nc(N)nc(N)c1C(N)=O)c1nc2cccc(Cl)c2c(=O)n1-c1ccccc1. The second kappa shape index (κ2) is 8.16. The molecule has 32 heavy (non-hydrogen) atoms. The van der Waals surface area contributed by atoms with E-state index in [4.69, 9.17) is 28.8 Å². The number of nitrogens with two attached hydrogens (primary N) is 3. The highest BCUT2D eigenvalue weighted by molar-refractivity contribution is 6.35. The molecule has 0 aliphatic heterocycles. The molecule has 0 saturated heterocycles. The van der Waals surface area contributed by atoms with Gasteiger partial charge in [0.1, 0.15) is 23.0 Å². The number of rotatable bonds is 5. The second-order valence-electron chi connectivity index (χ2n) is 7.00. The van der Waals surface area contributed by atoms with E-state index >= 15 is 0 Å². The molecule has 7 N–H and O–H groups in total. The minimum absolute atomic E-state index is 0.0371. The van der Waals surface area contributed by atoms with Crippen molar-refractivity contribution >= 4 is 46.0 Å². The van der Waals surface area contributed by atoms with Gasteiger partial charge in [0.2, 0.25) is 5.95 Å². The molecule has 0 radical (unpaired) electrons. The molecule has 0 aliphatic carbocycles. The summed E-state index contributed by atoms with van der Waals surface area (Å²) < 4.78 is 1.45. The van der Waals surface area contributed by atoms with Crippen molar-refractivity contribution in [3.63, 3.8) is 0 Å². The Bertz CT molecular complexity index is 1400. The van der Waals surface area contributed by atoms with Gasteiger partial charge in [-0.25, -0.2) is 4.98 Å². The Morgan fingerprint density at radius 1 is 1.06 bits per heavy atom. The highest BCUT2D eigenvalue weighted by Gasteiger charge is 2.23. The summed E-state index contributed by atoms with van der Waals surface area (Å²) in [5, 5.41) is 3.63. The number of benzene rings is 2. The number of nitrogens with one attached hydrogen (secondary N) is 1. The lowest BCUT2D eigenvalue weighted by Gasteiger charge is -2.21. The van der Waals surface area contributed by atoms with E-state index in [1.54, 1.807) is 49.4 Å². The third-order valence-electron chi connectivity index (χ3n) is 4.83. The first-order valence-electron chi connectivity index (χ1n) is 9.54. The zero-order valence-corrected chi connectivity index (χ0v) is 17.7. The molecule has 10 nitrogen and oxygen atoms in total. The van der Waals surface area contributed by atoms with E-state index in [0.717, 1.165) is 0 Å². The molecule has 0 bridgehead atoms. The number of primary amides is 1. The number of nitrogen functional groups attached to an aromatic ring is 2. The molecule has 1 atom stereocenters. The van der Waals surface area contributed by atoms with Crippen LogP contribution in [0, 0.1) is 0 Å². The van der Waals surface area contributed by atoms with Crippen molar-refractivity contribution in [2.75, 3.05) is 16.8 Å². The summed E-state index contributed by atoms with van der Waals surface area (Å²) >= 11 is 6.31. The number of aromatic nitrogens is 4. The van der Waals surface area contributed by atoms with Gasteiger partial charge in [0.05, 0.1) is 27.7 Å². The molecule has 4 rings (SSSR count). The van der Waals surface area contributed by atoms with Crippen LogP contribution >= 0.6 is 11.6 Å². The van der Waals surface area contributed by atoms with Gasteiger partial charge < -0.3 is 22.5 Å². The van der Waals surface area contributed by atoms with Crippen LogP contribution < -0.4 is 28.1 Å². The highest BCUT2D eigenvalue weighted by Crippen LogP contribution is 2.26. The summed E-state index contributed by atoms with van der Waals surface area (Å²) in [6, 6.07) is 13.4. The van der Waals surface area contributed by atoms with Gasteiger partial charge in [-0.2, -0.15) is 9.97 Å². The standard InChI is InChI=1S/C21H19ClN8O2/c1-10(26-18-15(17(24)31)16(23)28-21(25)29-18)19-27-13-9-5-8-12(22)14(13)20(32)30(19)11-6-3-2-4-7-11/h2-10H,1H3,(H2,24,31)(H5,23,25,26,28,29). The number of nitrogens with zero attached hydrogens (tertiary/aromatic N) is 4. The van der Waals surface area contributed by atoms with Gasteiger partial charge in [-0.1, -0.05) is 35.9 Å². The molecular weight excluding hydrogens is 432 g/mol. The first-order chi connectivity index (χ1) is 15.3. The van der Waals surface area contributed by atoms with Crippen LogP contribution in [0.3, 0.4) is 0 Å². The number of para-hydroxylation sites is 1. The third-order valence-corrected chi connectivity index (χ3v) is 5.14. The van der Waals surface area contributed by atoms with Crippen molar-refractivity contribution < 1.29 is 4.79 Å². The van der Waals surface area contributed by atoms with Crippen LogP contribution in [-0.4, -0.2) is 25.4 Å². The lowest BCUT2D eigenvalue weighted by atomic mass is 10.2. The Morgan fingerprint density at radius 3 is 2.47 bits per heavy atom. The van der Waals surface area contributed by atoms with Crippen molar-refractivity contribution in [3.8, 4) is 5.69 Å². The normalized spacial score (nSPS) is 11.9. The van der Waals surface area contributed by atoms with Crippen LogP contribution in [0.1, 0.15) is 29.1 Å². The number of fused-ring (bicyclic) bond motifs is 1. The van der Waals surface area contributed by atoms with Gasteiger partial charge in [0, 0.05) is 0 Å². The molecule has 11 heteroatoms. The fourth-order valence-electron chi connectivity index (χ4n) is 3.44. The number of amides is 1. The number of carbonyl (C=O) groups is 1.